The molecule has 0 radical (unpaired) electrons. The van der Waals surface area contributed by atoms with Crippen LogP contribution in [0.2, 0.25) is 0 Å². The molecule has 1 aromatic heterocycles. The third-order valence-corrected chi connectivity index (χ3v) is 1.80. The molecular weight excluding hydrogens is 178 g/mol. The van der Waals surface area contributed by atoms with E-state index in [0.29, 0.717) is 0 Å². The molecule has 1 unspecified atom stereocenters. The topological polar surface area (TPSA) is 65.8 Å². The molecular formula is C10H11N3O. The molecule has 0 aliphatic carbocycles. The number of nitrogens with one attached hydrogen (secondary N) is 1. The Bertz CT molecular complexity index is 342. The molecule has 72 valence electrons. The number of hydrogen-bond donors (Lipinski definition) is 1. The Morgan fingerprint density at radius 3 is 3.14 bits per heavy atom. The molecule has 0 aliphatic rings. The average molecular weight is 189 g/mol. The van der Waals surface area contributed by atoms with E-state index >= 15 is 0 Å². The van der Waals surface area contributed by atoms with Gasteiger partial charge in [0.15, 0.2) is 0 Å². The molecule has 1 amide bonds. The van der Waals surface area contributed by atoms with Gasteiger partial charge in [-0.3, -0.25) is 9.78 Å². The van der Waals surface area contributed by atoms with E-state index in [2.05, 4.69) is 10.3 Å². The molecule has 1 atom stereocenters. The monoisotopic (exact) mass is 189 g/mol. The number of amides is 1. The van der Waals surface area contributed by atoms with E-state index in [1.807, 2.05) is 19.1 Å². The van der Waals surface area contributed by atoms with Crippen molar-refractivity contribution >= 4 is 5.91 Å². The van der Waals surface area contributed by atoms with E-state index in [9.17, 15) is 4.79 Å². The first-order valence-electron chi connectivity index (χ1n) is 4.30. The first kappa shape index (κ1) is 10.2. The second kappa shape index (κ2) is 4.97. The lowest BCUT2D eigenvalue weighted by Crippen LogP contribution is -2.25. The highest BCUT2D eigenvalue weighted by molar-refractivity contribution is 5.78. The Labute approximate surface area is 82.6 Å². The van der Waals surface area contributed by atoms with Crippen molar-refractivity contribution < 1.29 is 4.79 Å². The van der Waals surface area contributed by atoms with Crippen LogP contribution < -0.4 is 5.32 Å². The van der Waals surface area contributed by atoms with Crippen molar-refractivity contribution in [2.75, 3.05) is 0 Å². The standard InChI is InChI=1S/C10H11N3O/c1-8(13-10(14)4-5-11)9-3-2-6-12-7-9/h2-3,6-8H,4H2,1H3,(H,13,14). The summed E-state index contributed by atoms with van der Waals surface area (Å²) in [5.41, 5.74) is 0.929. The Hall–Kier alpha value is -1.89. The van der Waals surface area contributed by atoms with Crippen molar-refractivity contribution in [2.24, 2.45) is 0 Å². The predicted molar refractivity (Wildman–Crippen MR) is 51.0 cm³/mol. The summed E-state index contributed by atoms with van der Waals surface area (Å²) < 4.78 is 0. The van der Waals surface area contributed by atoms with Gasteiger partial charge in [0.05, 0.1) is 12.1 Å². The molecule has 0 aromatic carbocycles. The molecule has 0 aliphatic heterocycles. The van der Waals surface area contributed by atoms with Crippen molar-refractivity contribution in [3.8, 4) is 6.07 Å². The zero-order chi connectivity index (χ0) is 10.4. The lowest BCUT2D eigenvalue weighted by molar-refractivity contribution is -0.120. The van der Waals surface area contributed by atoms with E-state index in [-0.39, 0.29) is 18.4 Å². The Morgan fingerprint density at radius 1 is 1.79 bits per heavy atom. The van der Waals surface area contributed by atoms with Crippen LogP contribution in [-0.4, -0.2) is 10.9 Å². The third kappa shape index (κ3) is 2.87. The number of hydrogen-bond acceptors (Lipinski definition) is 3. The second-order valence-corrected chi connectivity index (χ2v) is 2.91. The molecule has 1 aromatic rings. The summed E-state index contributed by atoms with van der Waals surface area (Å²) >= 11 is 0. The molecule has 14 heavy (non-hydrogen) atoms. The molecule has 4 nitrogen and oxygen atoms in total. The van der Waals surface area contributed by atoms with Gasteiger partial charge in [0, 0.05) is 12.4 Å². The molecule has 0 bridgehead atoms. The quantitative estimate of drug-likeness (QED) is 0.776. The number of aromatic nitrogens is 1. The van der Waals surface area contributed by atoms with E-state index < -0.39 is 0 Å². The predicted octanol–water partition coefficient (Wildman–Crippen LogP) is 1.17. The fourth-order valence-electron chi connectivity index (χ4n) is 1.08. The summed E-state index contributed by atoms with van der Waals surface area (Å²) in [7, 11) is 0. The summed E-state index contributed by atoms with van der Waals surface area (Å²) in [5, 5.41) is 11.0. The summed E-state index contributed by atoms with van der Waals surface area (Å²) in [6.45, 7) is 1.85. The molecule has 0 fully saturated rings. The van der Waals surface area contributed by atoms with Crippen LogP contribution in [-0.2, 0) is 4.79 Å². The largest absolute Gasteiger partial charge is 0.349 e. The molecule has 0 saturated heterocycles. The van der Waals surface area contributed by atoms with Crippen LogP contribution >= 0.6 is 0 Å². The van der Waals surface area contributed by atoms with Crippen LogP contribution in [0.25, 0.3) is 0 Å². The van der Waals surface area contributed by atoms with Gasteiger partial charge in [-0.05, 0) is 18.6 Å². The Morgan fingerprint density at radius 2 is 2.57 bits per heavy atom. The van der Waals surface area contributed by atoms with Gasteiger partial charge in [-0.2, -0.15) is 5.26 Å². The normalized spacial score (nSPS) is 11.4. The van der Waals surface area contributed by atoms with Crippen molar-refractivity contribution in [1.82, 2.24) is 10.3 Å². The number of nitrogens with zero attached hydrogens (tertiary/aromatic N) is 2. The lowest BCUT2D eigenvalue weighted by Gasteiger charge is -2.12. The van der Waals surface area contributed by atoms with Crippen LogP contribution in [0.15, 0.2) is 24.5 Å². The zero-order valence-electron chi connectivity index (χ0n) is 7.90. The number of nitriles is 1. The molecule has 1 rings (SSSR count). The molecule has 0 spiro atoms. The van der Waals surface area contributed by atoms with Crippen molar-refractivity contribution in [2.45, 2.75) is 19.4 Å². The summed E-state index contributed by atoms with van der Waals surface area (Å²) in [5.74, 6) is -0.260. The highest BCUT2D eigenvalue weighted by atomic mass is 16.1. The maximum Gasteiger partial charge on any atom is 0.234 e. The fourth-order valence-corrected chi connectivity index (χ4v) is 1.08. The van der Waals surface area contributed by atoms with Crippen LogP contribution in [0.4, 0.5) is 0 Å². The van der Waals surface area contributed by atoms with Gasteiger partial charge in [-0.25, -0.2) is 0 Å². The van der Waals surface area contributed by atoms with Crippen molar-refractivity contribution in [3.05, 3.63) is 30.1 Å². The summed E-state index contributed by atoms with van der Waals surface area (Å²) in [6.07, 6.45) is 3.26. The first-order valence-corrected chi connectivity index (χ1v) is 4.30. The van der Waals surface area contributed by atoms with Gasteiger partial charge in [-0.15, -0.1) is 0 Å². The minimum Gasteiger partial charge on any atom is -0.349 e. The fraction of sp³-hybridized carbons (Fsp3) is 0.300. The lowest BCUT2D eigenvalue weighted by atomic mass is 10.1. The van der Waals surface area contributed by atoms with Gasteiger partial charge in [-0.1, -0.05) is 6.07 Å². The van der Waals surface area contributed by atoms with Crippen LogP contribution in [0.5, 0.6) is 0 Å². The maximum absolute atomic E-state index is 11.1. The van der Waals surface area contributed by atoms with Crippen LogP contribution in [0.3, 0.4) is 0 Å². The zero-order valence-corrected chi connectivity index (χ0v) is 7.90. The molecule has 0 saturated carbocycles. The van der Waals surface area contributed by atoms with Crippen LogP contribution in [0, 0.1) is 11.3 Å². The van der Waals surface area contributed by atoms with Gasteiger partial charge in [0.2, 0.25) is 5.91 Å². The van der Waals surface area contributed by atoms with E-state index in [1.54, 1.807) is 18.5 Å². The average Bonchev–Trinajstić information content (AvgIpc) is 2.19. The summed E-state index contributed by atoms with van der Waals surface area (Å²) in [6, 6.07) is 5.38. The first-order chi connectivity index (χ1) is 6.74. The maximum atomic E-state index is 11.1. The van der Waals surface area contributed by atoms with Gasteiger partial charge in [0.25, 0.3) is 0 Å². The number of carbonyl (C=O) groups excluding carboxylic acids is 1. The van der Waals surface area contributed by atoms with Crippen LogP contribution in [0.1, 0.15) is 24.9 Å². The van der Waals surface area contributed by atoms with E-state index in [1.165, 1.54) is 0 Å². The third-order valence-electron chi connectivity index (χ3n) is 1.80. The summed E-state index contributed by atoms with van der Waals surface area (Å²) in [4.78, 5) is 15.0. The molecule has 4 heteroatoms. The number of carbonyl (C=O) groups is 1. The SMILES string of the molecule is CC(NC(=O)CC#N)c1cccnc1. The van der Waals surface area contributed by atoms with Crippen molar-refractivity contribution in [3.63, 3.8) is 0 Å². The highest BCUT2D eigenvalue weighted by Crippen LogP contribution is 2.09. The minimum absolute atomic E-state index is 0.107. The van der Waals surface area contributed by atoms with Gasteiger partial charge in [0.1, 0.15) is 6.42 Å². The van der Waals surface area contributed by atoms with Gasteiger partial charge >= 0.3 is 0 Å². The van der Waals surface area contributed by atoms with Gasteiger partial charge < -0.3 is 5.32 Å². The second-order valence-electron chi connectivity index (χ2n) is 2.91. The molecule has 1 N–H and O–H groups in total. The Kier molecular flexibility index (Phi) is 3.62. The smallest absolute Gasteiger partial charge is 0.234 e. The molecule has 1 heterocycles. The highest BCUT2D eigenvalue weighted by Gasteiger charge is 2.08. The van der Waals surface area contributed by atoms with E-state index in [4.69, 9.17) is 5.26 Å². The minimum atomic E-state index is -0.260. The van der Waals surface area contributed by atoms with E-state index in [0.717, 1.165) is 5.56 Å². The number of rotatable bonds is 3. The van der Waals surface area contributed by atoms with Crippen molar-refractivity contribution in [1.29, 1.82) is 5.26 Å². The Balaban J connectivity index is 2.56. The number of pyridine rings is 1.